The van der Waals surface area contributed by atoms with Gasteiger partial charge in [0.15, 0.2) is 5.16 Å². The molecule has 2 N–H and O–H groups in total. The van der Waals surface area contributed by atoms with Crippen LogP contribution in [0.15, 0.2) is 40.3 Å². The highest BCUT2D eigenvalue weighted by atomic mass is 32.2. The van der Waals surface area contributed by atoms with E-state index in [-0.39, 0.29) is 22.9 Å². The number of rotatable bonds is 6. The second-order valence-electron chi connectivity index (χ2n) is 7.02. The van der Waals surface area contributed by atoms with Crippen LogP contribution < -0.4 is 11.0 Å². The molecule has 1 aromatic carbocycles. The lowest BCUT2D eigenvalue weighted by atomic mass is 9.86. The number of nitrogens with zero attached hydrogens (tertiary/aromatic N) is 2. The topological polar surface area (TPSA) is 79.8 Å². The SMILES string of the molecule is C[C@H](Sc1n[nH]c(=O)n1Cc1ccccc1)C(=O)N[C@H]1CCCC[C@H]1C. The van der Waals surface area contributed by atoms with Crippen molar-refractivity contribution in [1.29, 1.82) is 0 Å². The summed E-state index contributed by atoms with van der Waals surface area (Å²) < 4.78 is 1.58. The summed E-state index contributed by atoms with van der Waals surface area (Å²) in [6.07, 6.45) is 4.64. The molecule has 0 spiro atoms. The quantitative estimate of drug-likeness (QED) is 0.762. The number of H-pyrrole nitrogens is 1. The van der Waals surface area contributed by atoms with E-state index in [2.05, 4.69) is 22.4 Å². The zero-order valence-electron chi connectivity index (χ0n) is 15.3. The molecule has 3 atom stereocenters. The first-order valence-corrected chi connectivity index (χ1v) is 10.1. The number of aromatic amines is 1. The van der Waals surface area contributed by atoms with Crippen molar-refractivity contribution < 1.29 is 4.79 Å². The summed E-state index contributed by atoms with van der Waals surface area (Å²) in [7, 11) is 0. The highest BCUT2D eigenvalue weighted by molar-refractivity contribution is 8.00. The van der Waals surface area contributed by atoms with Crippen LogP contribution in [0.5, 0.6) is 0 Å². The van der Waals surface area contributed by atoms with Crippen molar-refractivity contribution in [3.63, 3.8) is 0 Å². The molecule has 1 fully saturated rings. The van der Waals surface area contributed by atoms with Gasteiger partial charge >= 0.3 is 5.69 Å². The van der Waals surface area contributed by atoms with Crippen LogP contribution in [0.25, 0.3) is 0 Å². The summed E-state index contributed by atoms with van der Waals surface area (Å²) in [5, 5.41) is 10.0. The number of aromatic nitrogens is 3. The molecule has 0 saturated heterocycles. The second kappa shape index (κ2) is 8.58. The minimum absolute atomic E-state index is 0.00969. The number of nitrogens with one attached hydrogen (secondary N) is 2. The molecule has 6 nitrogen and oxygen atoms in total. The Balaban J connectivity index is 1.64. The molecule has 2 aromatic rings. The zero-order valence-corrected chi connectivity index (χ0v) is 16.1. The van der Waals surface area contributed by atoms with Crippen LogP contribution in [0.4, 0.5) is 0 Å². The molecule has 3 rings (SSSR count). The molecule has 0 radical (unpaired) electrons. The monoisotopic (exact) mass is 374 g/mol. The number of thioether (sulfide) groups is 1. The molecule has 1 aromatic heterocycles. The molecule has 140 valence electrons. The summed E-state index contributed by atoms with van der Waals surface area (Å²) in [5.74, 6) is 0.530. The smallest absolute Gasteiger partial charge is 0.344 e. The molecule has 1 aliphatic rings. The number of hydrogen-bond donors (Lipinski definition) is 2. The molecule has 26 heavy (non-hydrogen) atoms. The van der Waals surface area contributed by atoms with Gasteiger partial charge in [-0.25, -0.2) is 9.89 Å². The molecule has 1 amide bonds. The molecule has 0 unspecified atom stereocenters. The van der Waals surface area contributed by atoms with Gasteiger partial charge in [-0.15, -0.1) is 5.10 Å². The summed E-state index contributed by atoms with van der Waals surface area (Å²) >= 11 is 1.32. The van der Waals surface area contributed by atoms with E-state index >= 15 is 0 Å². The first kappa shape index (κ1) is 18.8. The van der Waals surface area contributed by atoms with Crippen molar-refractivity contribution in [1.82, 2.24) is 20.1 Å². The van der Waals surface area contributed by atoms with E-state index in [0.717, 1.165) is 12.0 Å². The molecular formula is C19H26N4O2S. The highest BCUT2D eigenvalue weighted by Crippen LogP contribution is 2.25. The number of hydrogen-bond acceptors (Lipinski definition) is 4. The first-order chi connectivity index (χ1) is 12.5. The molecule has 1 heterocycles. The van der Waals surface area contributed by atoms with Gasteiger partial charge in [-0.1, -0.05) is 61.9 Å². The fourth-order valence-electron chi connectivity index (χ4n) is 3.34. The Labute approximate surface area is 157 Å². The fourth-order valence-corrected chi connectivity index (χ4v) is 4.21. The third-order valence-corrected chi connectivity index (χ3v) is 6.09. The summed E-state index contributed by atoms with van der Waals surface area (Å²) in [5.41, 5.74) is 0.760. The van der Waals surface area contributed by atoms with Crippen molar-refractivity contribution in [3.8, 4) is 0 Å². The van der Waals surface area contributed by atoms with Crippen molar-refractivity contribution in [2.45, 2.75) is 62.5 Å². The Morgan fingerprint density at radius 2 is 2.08 bits per heavy atom. The summed E-state index contributed by atoms with van der Waals surface area (Å²) in [6, 6.07) is 10.0. The van der Waals surface area contributed by atoms with Gasteiger partial charge in [-0.3, -0.25) is 9.36 Å². The van der Waals surface area contributed by atoms with E-state index < -0.39 is 0 Å². The lowest BCUT2D eigenvalue weighted by Crippen LogP contribution is -2.44. The van der Waals surface area contributed by atoms with Crippen LogP contribution in [0.1, 0.15) is 45.1 Å². The van der Waals surface area contributed by atoms with Gasteiger partial charge in [0.2, 0.25) is 5.91 Å². The van der Waals surface area contributed by atoms with Crippen molar-refractivity contribution in [2.75, 3.05) is 0 Å². The second-order valence-corrected chi connectivity index (χ2v) is 8.33. The average Bonchev–Trinajstić information content (AvgIpc) is 2.98. The van der Waals surface area contributed by atoms with Crippen LogP contribution in [0.2, 0.25) is 0 Å². The first-order valence-electron chi connectivity index (χ1n) is 9.20. The van der Waals surface area contributed by atoms with Crippen LogP contribution >= 0.6 is 11.8 Å². The maximum Gasteiger partial charge on any atom is 0.344 e. The Morgan fingerprint density at radius 3 is 2.81 bits per heavy atom. The Bertz CT molecular complexity index is 786. The lowest BCUT2D eigenvalue weighted by Gasteiger charge is -2.30. The van der Waals surface area contributed by atoms with E-state index in [1.165, 1.54) is 31.0 Å². The number of carbonyl (C=O) groups is 1. The number of amides is 1. The molecule has 1 saturated carbocycles. The van der Waals surface area contributed by atoms with E-state index in [1.807, 2.05) is 37.3 Å². The van der Waals surface area contributed by atoms with Crippen molar-refractivity contribution >= 4 is 17.7 Å². The normalized spacial score (nSPS) is 21.3. The van der Waals surface area contributed by atoms with Crippen LogP contribution in [0.3, 0.4) is 0 Å². The van der Waals surface area contributed by atoms with Gasteiger partial charge in [0, 0.05) is 6.04 Å². The van der Waals surface area contributed by atoms with Crippen LogP contribution in [0, 0.1) is 5.92 Å². The lowest BCUT2D eigenvalue weighted by molar-refractivity contribution is -0.121. The van der Waals surface area contributed by atoms with Gasteiger partial charge in [-0.2, -0.15) is 0 Å². The average molecular weight is 375 g/mol. The Morgan fingerprint density at radius 1 is 1.35 bits per heavy atom. The van der Waals surface area contributed by atoms with E-state index in [0.29, 0.717) is 17.6 Å². The van der Waals surface area contributed by atoms with Gasteiger partial charge < -0.3 is 5.32 Å². The van der Waals surface area contributed by atoms with Crippen molar-refractivity contribution in [2.24, 2.45) is 5.92 Å². The fraction of sp³-hybridized carbons (Fsp3) is 0.526. The van der Waals surface area contributed by atoms with Gasteiger partial charge in [0.25, 0.3) is 0 Å². The standard InChI is InChI=1S/C19H26N4O2S/c1-13-8-6-7-11-16(13)20-17(24)14(2)26-19-22-21-18(25)23(19)12-15-9-4-3-5-10-15/h3-5,9-10,13-14,16H,6-8,11-12H2,1-2H3,(H,20,24)(H,21,25)/t13-,14+,16+/m1/s1. The number of benzene rings is 1. The van der Waals surface area contributed by atoms with Gasteiger partial charge in [-0.05, 0) is 31.2 Å². The number of carbonyl (C=O) groups excluding carboxylic acids is 1. The van der Waals surface area contributed by atoms with Crippen LogP contribution in [-0.2, 0) is 11.3 Å². The molecule has 0 aliphatic heterocycles. The van der Waals surface area contributed by atoms with Crippen molar-refractivity contribution in [3.05, 3.63) is 46.4 Å². The molecule has 0 bridgehead atoms. The predicted molar refractivity (Wildman–Crippen MR) is 103 cm³/mol. The van der Waals surface area contributed by atoms with E-state index in [1.54, 1.807) is 4.57 Å². The summed E-state index contributed by atoms with van der Waals surface area (Å²) in [6.45, 7) is 4.50. The van der Waals surface area contributed by atoms with E-state index in [9.17, 15) is 9.59 Å². The minimum atomic E-state index is -0.311. The maximum absolute atomic E-state index is 12.6. The molecule has 7 heteroatoms. The van der Waals surface area contributed by atoms with Gasteiger partial charge in [0.1, 0.15) is 0 Å². The van der Waals surface area contributed by atoms with Crippen LogP contribution in [-0.4, -0.2) is 32.0 Å². The molecular weight excluding hydrogens is 348 g/mol. The Hall–Kier alpha value is -2.02. The van der Waals surface area contributed by atoms with E-state index in [4.69, 9.17) is 0 Å². The van der Waals surface area contributed by atoms with Gasteiger partial charge in [0.05, 0.1) is 11.8 Å². The zero-order chi connectivity index (χ0) is 18.5. The third kappa shape index (κ3) is 4.58. The highest BCUT2D eigenvalue weighted by Gasteiger charge is 2.26. The minimum Gasteiger partial charge on any atom is -0.352 e. The third-order valence-electron chi connectivity index (χ3n) is 5.00. The Kier molecular flexibility index (Phi) is 6.19. The summed E-state index contributed by atoms with van der Waals surface area (Å²) in [4.78, 5) is 24.7. The maximum atomic E-state index is 12.6. The largest absolute Gasteiger partial charge is 0.352 e. The molecule has 1 aliphatic carbocycles. The predicted octanol–water partition coefficient (Wildman–Crippen LogP) is 2.80.